The molecule has 1 aromatic rings. The molecular formula is C10H14NP. The highest BCUT2D eigenvalue weighted by Gasteiger charge is 2.09. The number of hydrogen-bond donors (Lipinski definition) is 0. The van der Waals surface area contributed by atoms with Gasteiger partial charge in [0.05, 0.1) is 0 Å². The molecule has 0 radical (unpaired) electrons. The summed E-state index contributed by atoms with van der Waals surface area (Å²) in [5.41, 5.74) is 3.02. The summed E-state index contributed by atoms with van der Waals surface area (Å²) < 4.78 is 2.31. The van der Waals surface area contributed by atoms with Crippen molar-refractivity contribution in [1.29, 1.82) is 0 Å². The summed E-state index contributed by atoms with van der Waals surface area (Å²) in [4.78, 5) is 0. The largest absolute Gasteiger partial charge is 0.283 e. The van der Waals surface area contributed by atoms with Crippen LogP contribution in [0, 0.1) is 0 Å². The second-order valence-electron chi connectivity index (χ2n) is 3.34. The van der Waals surface area contributed by atoms with E-state index in [9.17, 15) is 0 Å². The molecule has 1 unspecified atom stereocenters. The Balaban J connectivity index is 2.31. The predicted molar refractivity (Wildman–Crippen MR) is 54.9 cm³/mol. The highest BCUT2D eigenvalue weighted by atomic mass is 31.0. The van der Waals surface area contributed by atoms with E-state index in [0.717, 1.165) is 6.54 Å². The predicted octanol–water partition coefficient (Wildman–Crippen LogP) is 2.22. The number of nitrogens with zero attached hydrogens (tertiary/aromatic N) is 1. The fourth-order valence-electron chi connectivity index (χ4n) is 1.73. The van der Waals surface area contributed by atoms with Gasteiger partial charge in [0.2, 0.25) is 0 Å². The van der Waals surface area contributed by atoms with Gasteiger partial charge < -0.3 is 0 Å². The molecule has 0 aliphatic carbocycles. The van der Waals surface area contributed by atoms with Gasteiger partial charge >= 0.3 is 0 Å². The van der Waals surface area contributed by atoms with Crippen LogP contribution in [0.15, 0.2) is 24.3 Å². The van der Waals surface area contributed by atoms with Gasteiger partial charge in [0.1, 0.15) is 0 Å². The molecule has 0 bridgehead atoms. The molecule has 1 atom stereocenters. The van der Waals surface area contributed by atoms with Crippen LogP contribution in [0.2, 0.25) is 0 Å². The van der Waals surface area contributed by atoms with E-state index in [-0.39, 0.29) is 0 Å². The Labute approximate surface area is 76.0 Å². The fraction of sp³-hybridized carbons (Fsp3) is 0.400. The minimum absolute atomic E-state index is 1.08. The summed E-state index contributed by atoms with van der Waals surface area (Å²) in [7, 11) is 2.79. The van der Waals surface area contributed by atoms with Gasteiger partial charge in [-0.05, 0) is 24.0 Å². The molecule has 0 spiro atoms. The molecule has 1 heterocycles. The number of rotatable bonds is 0. The molecule has 1 aliphatic heterocycles. The number of fused-ring (bicyclic) bond motifs is 1. The smallest absolute Gasteiger partial charge is 0.0270 e. The van der Waals surface area contributed by atoms with Crippen molar-refractivity contribution in [2.75, 3.05) is 6.54 Å². The van der Waals surface area contributed by atoms with Gasteiger partial charge in [-0.2, -0.15) is 0 Å². The van der Waals surface area contributed by atoms with E-state index in [0.29, 0.717) is 0 Å². The Morgan fingerprint density at radius 2 is 1.92 bits per heavy atom. The van der Waals surface area contributed by atoms with Crippen molar-refractivity contribution in [2.45, 2.75) is 19.4 Å². The van der Waals surface area contributed by atoms with E-state index in [2.05, 4.69) is 38.3 Å². The average molecular weight is 179 g/mol. The lowest BCUT2D eigenvalue weighted by Crippen LogP contribution is -2.09. The summed E-state index contributed by atoms with van der Waals surface area (Å²) in [6, 6.07) is 8.75. The van der Waals surface area contributed by atoms with Gasteiger partial charge in [-0.3, -0.25) is 4.67 Å². The Kier molecular flexibility index (Phi) is 2.43. The fourth-order valence-corrected chi connectivity index (χ4v) is 2.11. The van der Waals surface area contributed by atoms with E-state index in [1.807, 2.05) is 0 Å². The Bertz CT molecular complexity index is 272. The first kappa shape index (κ1) is 8.22. The molecule has 2 heteroatoms. The quantitative estimate of drug-likeness (QED) is 0.552. The lowest BCUT2D eigenvalue weighted by molar-refractivity contribution is 0.470. The average Bonchev–Trinajstić information content (AvgIpc) is 2.25. The van der Waals surface area contributed by atoms with Crippen molar-refractivity contribution in [3.8, 4) is 0 Å². The molecule has 0 N–H and O–H groups in total. The molecule has 0 fully saturated rings. The van der Waals surface area contributed by atoms with Gasteiger partial charge in [0.15, 0.2) is 0 Å². The van der Waals surface area contributed by atoms with Crippen molar-refractivity contribution in [1.82, 2.24) is 4.67 Å². The van der Waals surface area contributed by atoms with Crippen molar-refractivity contribution in [2.24, 2.45) is 0 Å². The van der Waals surface area contributed by atoms with Crippen LogP contribution in [0.1, 0.15) is 17.5 Å². The van der Waals surface area contributed by atoms with Crippen LogP contribution in [0.3, 0.4) is 0 Å². The van der Waals surface area contributed by atoms with Gasteiger partial charge in [-0.25, -0.2) is 0 Å². The number of aryl methyl sites for hydroxylation is 1. The van der Waals surface area contributed by atoms with Crippen molar-refractivity contribution in [3.05, 3.63) is 35.4 Å². The molecule has 1 aromatic carbocycles. The lowest BCUT2D eigenvalue weighted by atomic mass is 10.0. The molecule has 2 rings (SSSR count). The molecule has 12 heavy (non-hydrogen) atoms. The van der Waals surface area contributed by atoms with Crippen LogP contribution in [-0.2, 0) is 13.0 Å². The molecule has 1 nitrogen and oxygen atoms in total. The van der Waals surface area contributed by atoms with Crippen molar-refractivity contribution < 1.29 is 0 Å². The molecular weight excluding hydrogens is 165 g/mol. The first-order valence-electron chi connectivity index (χ1n) is 4.43. The minimum Gasteiger partial charge on any atom is -0.283 e. The van der Waals surface area contributed by atoms with E-state index in [4.69, 9.17) is 0 Å². The second-order valence-corrected chi connectivity index (χ2v) is 4.07. The van der Waals surface area contributed by atoms with Crippen LogP contribution >= 0.6 is 9.39 Å². The third-order valence-electron chi connectivity index (χ3n) is 2.38. The van der Waals surface area contributed by atoms with E-state index in [1.54, 1.807) is 0 Å². The first-order chi connectivity index (χ1) is 5.86. The van der Waals surface area contributed by atoms with Crippen molar-refractivity contribution >= 4 is 9.39 Å². The van der Waals surface area contributed by atoms with Crippen LogP contribution in [0.4, 0.5) is 0 Å². The third kappa shape index (κ3) is 1.68. The molecule has 0 aromatic heterocycles. The van der Waals surface area contributed by atoms with Crippen LogP contribution < -0.4 is 0 Å². The van der Waals surface area contributed by atoms with Crippen molar-refractivity contribution in [3.63, 3.8) is 0 Å². The minimum atomic E-state index is 1.08. The maximum absolute atomic E-state index is 2.79. The topological polar surface area (TPSA) is 3.24 Å². The second kappa shape index (κ2) is 3.55. The maximum Gasteiger partial charge on any atom is 0.0270 e. The molecule has 1 aliphatic rings. The van der Waals surface area contributed by atoms with E-state index < -0.39 is 0 Å². The summed E-state index contributed by atoms with van der Waals surface area (Å²) in [5.74, 6) is 0. The zero-order valence-electron chi connectivity index (χ0n) is 7.16. The Morgan fingerprint density at radius 1 is 1.17 bits per heavy atom. The summed E-state index contributed by atoms with van der Waals surface area (Å²) >= 11 is 0. The zero-order valence-corrected chi connectivity index (χ0v) is 8.32. The molecule has 0 amide bonds. The SMILES string of the molecule is PN1CCCc2ccccc2C1. The highest BCUT2D eigenvalue weighted by molar-refractivity contribution is 7.13. The highest BCUT2D eigenvalue weighted by Crippen LogP contribution is 2.19. The summed E-state index contributed by atoms with van der Waals surface area (Å²) in [6.07, 6.45) is 2.52. The number of hydrogen-bond acceptors (Lipinski definition) is 1. The third-order valence-corrected chi connectivity index (χ3v) is 2.82. The molecule has 0 saturated heterocycles. The normalized spacial score (nSPS) is 18.4. The van der Waals surface area contributed by atoms with Gasteiger partial charge in [-0.15, -0.1) is 0 Å². The standard InChI is InChI=1S/C10H14NP/c12-11-7-3-6-9-4-1-2-5-10(9)8-11/h1-2,4-5H,3,6-8,12H2. The Morgan fingerprint density at radius 3 is 2.75 bits per heavy atom. The summed E-state index contributed by atoms with van der Waals surface area (Å²) in [6.45, 7) is 2.28. The van der Waals surface area contributed by atoms with Crippen LogP contribution in [0.25, 0.3) is 0 Å². The maximum atomic E-state index is 2.79. The Hall–Kier alpha value is -0.390. The first-order valence-corrected chi connectivity index (χ1v) is 4.94. The number of benzene rings is 1. The van der Waals surface area contributed by atoms with E-state index >= 15 is 0 Å². The lowest BCUT2D eigenvalue weighted by Gasteiger charge is -2.12. The zero-order chi connectivity index (χ0) is 8.39. The van der Waals surface area contributed by atoms with Gasteiger partial charge in [0, 0.05) is 13.1 Å². The van der Waals surface area contributed by atoms with Gasteiger partial charge in [-0.1, -0.05) is 33.7 Å². The molecule has 64 valence electrons. The molecule has 0 saturated carbocycles. The van der Waals surface area contributed by atoms with E-state index in [1.165, 1.54) is 30.5 Å². The monoisotopic (exact) mass is 179 g/mol. The van der Waals surface area contributed by atoms with Crippen LogP contribution in [0.5, 0.6) is 0 Å². The van der Waals surface area contributed by atoms with Crippen LogP contribution in [-0.4, -0.2) is 11.2 Å². The summed E-state index contributed by atoms with van der Waals surface area (Å²) in [5, 5.41) is 0. The van der Waals surface area contributed by atoms with Gasteiger partial charge in [0.25, 0.3) is 0 Å².